The third kappa shape index (κ3) is 7.40. The molecule has 2 aromatic carbocycles. The first-order valence-corrected chi connectivity index (χ1v) is 13.2. The molecule has 0 aliphatic heterocycles. The first kappa shape index (κ1) is 24.4. The fourth-order valence-corrected chi connectivity index (χ4v) is 4.33. The van der Waals surface area contributed by atoms with E-state index >= 15 is 0 Å². The number of nitrogens with one attached hydrogen (secondary N) is 1. The van der Waals surface area contributed by atoms with Crippen LogP contribution < -0.4 is 14.2 Å². The normalized spacial score (nSPS) is 11.5. The maximum absolute atomic E-state index is 11.2. The molecule has 0 atom stereocenters. The molecule has 0 unspecified atom stereocenters. The Morgan fingerprint density at radius 2 is 1.69 bits per heavy atom. The minimum atomic E-state index is -3.19. The number of sulfonamides is 1. The maximum atomic E-state index is 11.2. The lowest BCUT2D eigenvalue weighted by atomic mass is 10.3. The highest BCUT2D eigenvalue weighted by Crippen LogP contribution is 2.25. The molecule has 3 aromatic rings. The van der Waals surface area contributed by atoms with Crippen LogP contribution in [0.5, 0.6) is 11.5 Å². The van der Waals surface area contributed by atoms with Crippen molar-refractivity contribution in [2.75, 3.05) is 25.2 Å². The van der Waals surface area contributed by atoms with E-state index in [1.54, 1.807) is 12.1 Å². The summed E-state index contributed by atoms with van der Waals surface area (Å²) in [5.74, 6) is 2.79. The minimum Gasteiger partial charge on any atom is -0.494 e. The third-order valence-electron chi connectivity index (χ3n) is 4.20. The van der Waals surface area contributed by atoms with Gasteiger partial charge in [-0.25, -0.2) is 13.1 Å². The van der Waals surface area contributed by atoms with Crippen molar-refractivity contribution >= 4 is 33.4 Å². The molecule has 3 rings (SSSR count). The average molecular weight is 497 g/mol. The van der Waals surface area contributed by atoms with E-state index in [4.69, 9.17) is 21.1 Å². The molecule has 0 saturated carbocycles. The molecule has 0 radical (unpaired) electrons. The Bertz CT molecular complexity index is 1100. The van der Waals surface area contributed by atoms with Crippen LogP contribution in [0.1, 0.15) is 19.2 Å². The monoisotopic (exact) mass is 496 g/mol. The Labute approximate surface area is 197 Å². The zero-order chi connectivity index (χ0) is 23.0. The molecular weight excluding hydrogens is 472 g/mol. The van der Waals surface area contributed by atoms with Crippen LogP contribution in [-0.2, 0) is 16.6 Å². The first-order valence-electron chi connectivity index (χ1n) is 9.99. The van der Waals surface area contributed by atoms with Crippen molar-refractivity contribution in [2.45, 2.75) is 25.1 Å². The number of rotatable bonds is 12. The Kier molecular flexibility index (Phi) is 8.80. The van der Waals surface area contributed by atoms with Crippen LogP contribution in [0.15, 0.2) is 53.7 Å². The van der Waals surface area contributed by atoms with Crippen molar-refractivity contribution in [2.24, 2.45) is 0 Å². The van der Waals surface area contributed by atoms with Crippen LogP contribution in [0.4, 0.5) is 0 Å². The standard InChI is InChI=1S/C21H25ClN4O4S2/c1-3-29-18-9-11-19(12-10-18)30-15-20-24-25-21(31-14-4-13-23-32(2,27)28)26(20)17-7-5-16(22)6-8-17/h5-12,23H,3-4,13-15H2,1-2H3. The zero-order valence-corrected chi connectivity index (χ0v) is 20.2. The van der Waals surface area contributed by atoms with Gasteiger partial charge in [0.1, 0.15) is 18.1 Å². The molecule has 0 spiro atoms. The Hall–Kier alpha value is -2.27. The van der Waals surface area contributed by atoms with Gasteiger partial charge in [-0.2, -0.15) is 0 Å². The zero-order valence-electron chi connectivity index (χ0n) is 17.8. The van der Waals surface area contributed by atoms with Gasteiger partial charge in [0.05, 0.1) is 12.9 Å². The van der Waals surface area contributed by atoms with E-state index in [0.717, 1.165) is 17.7 Å². The van der Waals surface area contributed by atoms with E-state index in [1.807, 2.05) is 47.9 Å². The van der Waals surface area contributed by atoms with E-state index < -0.39 is 10.0 Å². The first-order chi connectivity index (χ1) is 15.4. The number of hydrogen-bond donors (Lipinski definition) is 1. The summed E-state index contributed by atoms with van der Waals surface area (Å²) in [4.78, 5) is 0. The summed E-state index contributed by atoms with van der Waals surface area (Å²) in [6.07, 6.45) is 1.80. The average Bonchev–Trinajstić information content (AvgIpc) is 3.16. The Morgan fingerprint density at radius 1 is 1.03 bits per heavy atom. The van der Waals surface area contributed by atoms with Crippen LogP contribution in [-0.4, -0.2) is 48.3 Å². The second kappa shape index (κ2) is 11.6. The summed E-state index contributed by atoms with van der Waals surface area (Å²) in [5.41, 5.74) is 0.862. The van der Waals surface area contributed by atoms with E-state index in [2.05, 4.69) is 14.9 Å². The number of halogens is 1. The number of aromatic nitrogens is 3. The van der Waals surface area contributed by atoms with Crippen LogP contribution >= 0.6 is 23.4 Å². The number of hydrogen-bond acceptors (Lipinski definition) is 7. The summed E-state index contributed by atoms with van der Waals surface area (Å²) in [6, 6.07) is 14.8. The molecule has 1 aromatic heterocycles. The third-order valence-corrected chi connectivity index (χ3v) is 6.20. The molecule has 0 aliphatic rings. The molecule has 0 amide bonds. The van der Waals surface area contributed by atoms with E-state index in [0.29, 0.717) is 47.1 Å². The number of thioether (sulfide) groups is 1. The Morgan fingerprint density at radius 3 is 2.31 bits per heavy atom. The van der Waals surface area contributed by atoms with Gasteiger partial charge >= 0.3 is 0 Å². The molecule has 0 bridgehead atoms. The lowest BCUT2D eigenvalue weighted by Gasteiger charge is -2.12. The highest BCUT2D eigenvalue weighted by Gasteiger charge is 2.15. The van der Waals surface area contributed by atoms with Crippen LogP contribution in [0.2, 0.25) is 5.02 Å². The van der Waals surface area contributed by atoms with Gasteiger partial charge in [0.25, 0.3) is 0 Å². The number of benzene rings is 2. The molecule has 11 heteroatoms. The summed E-state index contributed by atoms with van der Waals surface area (Å²) >= 11 is 7.54. The molecule has 32 heavy (non-hydrogen) atoms. The predicted molar refractivity (Wildman–Crippen MR) is 126 cm³/mol. The van der Waals surface area contributed by atoms with Gasteiger partial charge in [0.15, 0.2) is 11.0 Å². The molecular formula is C21H25ClN4O4S2. The minimum absolute atomic E-state index is 0.222. The Balaban J connectivity index is 1.71. The van der Waals surface area contributed by atoms with Gasteiger partial charge in [-0.15, -0.1) is 10.2 Å². The summed E-state index contributed by atoms with van der Waals surface area (Å²) < 4.78 is 38.2. The summed E-state index contributed by atoms with van der Waals surface area (Å²) in [7, 11) is -3.19. The highest BCUT2D eigenvalue weighted by atomic mass is 35.5. The van der Waals surface area contributed by atoms with Crippen molar-refractivity contribution < 1.29 is 17.9 Å². The topological polar surface area (TPSA) is 95.3 Å². The molecule has 0 fully saturated rings. The van der Waals surface area contributed by atoms with Gasteiger partial charge < -0.3 is 9.47 Å². The van der Waals surface area contributed by atoms with E-state index in [-0.39, 0.29) is 6.61 Å². The number of nitrogens with zero attached hydrogens (tertiary/aromatic N) is 3. The molecule has 172 valence electrons. The second-order valence-corrected chi connectivity index (χ2v) is 10.1. The van der Waals surface area contributed by atoms with Crippen molar-refractivity contribution in [1.29, 1.82) is 0 Å². The van der Waals surface area contributed by atoms with E-state index in [1.165, 1.54) is 11.8 Å². The fourth-order valence-electron chi connectivity index (χ4n) is 2.78. The quantitative estimate of drug-likeness (QED) is 0.300. The van der Waals surface area contributed by atoms with Gasteiger partial charge in [0.2, 0.25) is 10.0 Å². The van der Waals surface area contributed by atoms with Crippen LogP contribution in [0, 0.1) is 0 Å². The summed E-state index contributed by atoms with van der Waals surface area (Å²) in [6.45, 7) is 3.13. The van der Waals surface area contributed by atoms with Crippen LogP contribution in [0.25, 0.3) is 5.69 Å². The maximum Gasteiger partial charge on any atom is 0.208 e. The molecule has 0 aliphatic carbocycles. The molecule has 1 heterocycles. The number of ether oxygens (including phenoxy) is 2. The van der Waals surface area contributed by atoms with Gasteiger partial charge in [0, 0.05) is 23.0 Å². The lowest BCUT2D eigenvalue weighted by molar-refractivity contribution is 0.291. The van der Waals surface area contributed by atoms with Crippen LogP contribution in [0.3, 0.4) is 0 Å². The van der Waals surface area contributed by atoms with Crippen molar-refractivity contribution in [3.8, 4) is 17.2 Å². The lowest BCUT2D eigenvalue weighted by Crippen LogP contribution is -2.23. The molecule has 1 N–H and O–H groups in total. The fraction of sp³-hybridized carbons (Fsp3) is 0.333. The van der Waals surface area contributed by atoms with Gasteiger partial charge in [-0.05, 0) is 61.9 Å². The van der Waals surface area contributed by atoms with Crippen molar-refractivity contribution in [3.63, 3.8) is 0 Å². The smallest absolute Gasteiger partial charge is 0.208 e. The van der Waals surface area contributed by atoms with Crippen molar-refractivity contribution in [3.05, 3.63) is 59.4 Å². The largest absolute Gasteiger partial charge is 0.494 e. The van der Waals surface area contributed by atoms with Crippen molar-refractivity contribution in [1.82, 2.24) is 19.5 Å². The second-order valence-electron chi connectivity index (χ2n) is 6.77. The predicted octanol–water partition coefficient (Wildman–Crippen LogP) is 3.93. The van der Waals surface area contributed by atoms with Gasteiger partial charge in [-0.3, -0.25) is 4.57 Å². The molecule has 0 saturated heterocycles. The molecule has 8 nitrogen and oxygen atoms in total. The van der Waals surface area contributed by atoms with Gasteiger partial charge in [-0.1, -0.05) is 23.4 Å². The highest BCUT2D eigenvalue weighted by molar-refractivity contribution is 7.99. The van der Waals surface area contributed by atoms with E-state index in [9.17, 15) is 8.42 Å². The SMILES string of the molecule is CCOc1ccc(OCc2nnc(SCCCNS(C)(=O)=O)n2-c2ccc(Cl)cc2)cc1. The summed E-state index contributed by atoms with van der Waals surface area (Å²) in [5, 5.41) is 9.96.